The van der Waals surface area contributed by atoms with E-state index in [1.54, 1.807) is 23.2 Å². The summed E-state index contributed by atoms with van der Waals surface area (Å²) in [6, 6.07) is 1.96. The maximum absolute atomic E-state index is 13.6. The fourth-order valence-electron chi connectivity index (χ4n) is 4.28. The lowest BCUT2D eigenvalue weighted by atomic mass is 9.88. The molecular weight excluding hydrogens is 376 g/mol. The van der Waals surface area contributed by atoms with Crippen molar-refractivity contribution in [2.24, 2.45) is 0 Å². The van der Waals surface area contributed by atoms with E-state index in [-0.39, 0.29) is 17.0 Å². The summed E-state index contributed by atoms with van der Waals surface area (Å²) in [4.78, 5) is 34.1. The number of hydrogen-bond acceptors (Lipinski definition) is 6. The molecule has 0 bridgehead atoms. The average molecular weight is 407 g/mol. The lowest BCUT2D eigenvalue weighted by molar-refractivity contribution is 0.102. The number of rotatable bonds is 3. The second kappa shape index (κ2) is 7.87. The van der Waals surface area contributed by atoms with Crippen LogP contribution in [0.4, 0.5) is 0 Å². The first kappa shape index (κ1) is 20.6. The Labute approximate surface area is 177 Å². The van der Waals surface area contributed by atoms with Crippen molar-refractivity contribution in [3.63, 3.8) is 0 Å². The Balaban J connectivity index is 1.77. The first-order chi connectivity index (χ1) is 14.2. The topological polar surface area (TPSA) is 76.8 Å². The highest BCUT2D eigenvalue weighted by atomic mass is 16.1. The number of piperidine rings is 1. The second-order valence-electron chi connectivity index (χ2n) is 9.23. The van der Waals surface area contributed by atoms with E-state index in [2.05, 4.69) is 45.6 Å². The Morgan fingerprint density at radius 2 is 1.77 bits per heavy atom. The van der Waals surface area contributed by atoms with Gasteiger partial charge >= 0.3 is 0 Å². The molecule has 1 saturated heterocycles. The molecule has 0 unspecified atom stereocenters. The fourth-order valence-corrected chi connectivity index (χ4v) is 4.28. The zero-order valence-electron chi connectivity index (χ0n) is 18.5. The summed E-state index contributed by atoms with van der Waals surface area (Å²) in [5, 5.41) is 0. The Hall–Kier alpha value is -2.67. The van der Waals surface area contributed by atoms with Crippen LogP contribution in [-0.2, 0) is 6.54 Å². The van der Waals surface area contributed by atoms with Crippen LogP contribution in [0.2, 0.25) is 0 Å². The van der Waals surface area contributed by atoms with E-state index in [0.29, 0.717) is 12.2 Å². The van der Waals surface area contributed by atoms with Crippen molar-refractivity contribution in [3.05, 3.63) is 57.7 Å². The molecule has 0 N–H and O–H groups in total. The number of aryl methyl sites for hydroxylation is 2. The molecule has 0 atom stereocenters. The van der Waals surface area contributed by atoms with Crippen LogP contribution in [0.15, 0.2) is 29.5 Å². The van der Waals surface area contributed by atoms with Crippen molar-refractivity contribution in [1.82, 2.24) is 29.4 Å². The zero-order chi connectivity index (χ0) is 21.5. The van der Waals surface area contributed by atoms with E-state index in [9.17, 15) is 4.79 Å². The van der Waals surface area contributed by atoms with Gasteiger partial charge in [-0.1, -0.05) is 0 Å². The first-order valence-electron chi connectivity index (χ1n) is 10.6. The van der Waals surface area contributed by atoms with Gasteiger partial charge in [-0.05, 0) is 72.5 Å². The summed E-state index contributed by atoms with van der Waals surface area (Å²) in [5.41, 5.74) is 4.78. The Morgan fingerprint density at radius 3 is 2.43 bits per heavy atom. The first-order valence-corrected chi connectivity index (χ1v) is 10.6. The maximum Gasteiger partial charge on any atom is 0.256 e. The van der Waals surface area contributed by atoms with Crippen LogP contribution in [0, 0.1) is 13.8 Å². The number of aromatic nitrogens is 5. The molecular formula is C23H30N6O. The molecule has 7 heteroatoms. The molecule has 4 heterocycles. The van der Waals surface area contributed by atoms with E-state index >= 15 is 0 Å². The molecule has 1 fully saturated rings. The molecule has 1 aliphatic rings. The lowest BCUT2D eigenvalue weighted by Crippen LogP contribution is -2.46. The van der Waals surface area contributed by atoms with Gasteiger partial charge in [-0.2, -0.15) is 0 Å². The van der Waals surface area contributed by atoms with E-state index in [1.807, 2.05) is 19.9 Å². The van der Waals surface area contributed by atoms with Crippen LogP contribution in [0.3, 0.4) is 0 Å². The summed E-state index contributed by atoms with van der Waals surface area (Å²) in [7, 11) is 0. The predicted octanol–water partition coefficient (Wildman–Crippen LogP) is 3.22. The third-order valence-electron chi connectivity index (χ3n) is 6.12. The number of likely N-dealkylation sites (tertiary alicyclic amines) is 1. The molecule has 0 aromatic carbocycles. The molecule has 3 aromatic rings. The van der Waals surface area contributed by atoms with Gasteiger partial charge in [-0.15, -0.1) is 0 Å². The summed E-state index contributed by atoms with van der Waals surface area (Å²) >= 11 is 0. The number of pyridine rings is 1. The molecule has 4 rings (SSSR count). The van der Waals surface area contributed by atoms with Gasteiger partial charge in [0.15, 0.2) is 5.65 Å². The Bertz CT molecular complexity index is 1120. The van der Waals surface area contributed by atoms with Gasteiger partial charge in [0.05, 0.1) is 23.6 Å². The van der Waals surface area contributed by atoms with Gasteiger partial charge in [0, 0.05) is 29.7 Å². The van der Waals surface area contributed by atoms with Gasteiger partial charge < -0.3 is 0 Å². The van der Waals surface area contributed by atoms with Gasteiger partial charge in [-0.3, -0.25) is 29.2 Å². The second-order valence-corrected chi connectivity index (χ2v) is 9.23. The van der Waals surface area contributed by atoms with Gasteiger partial charge in [0.25, 0.3) is 5.56 Å². The van der Waals surface area contributed by atoms with Crippen molar-refractivity contribution in [2.75, 3.05) is 13.1 Å². The average Bonchev–Trinajstić information content (AvgIpc) is 2.71. The van der Waals surface area contributed by atoms with Gasteiger partial charge in [0.2, 0.25) is 0 Å². The van der Waals surface area contributed by atoms with Gasteiger partial charge in [-0.25, -0.2) is 4.98 Å². The SMILES string of the molecule is Cc1cnc2cc(C3CCN(C(C)(C)C)CC3)c(=O)n(Cc3nccnc3C)c2n1. The molecule has 0 amide bonds. The van der Waals surface area contributed by atoms with Crippen molar-refractivity contribution < 1.29 is 0 Å². The highest BCUT2D eigenvalue weighted by Gasteiger charge is 2.29. The molecule has 3 aromatic heterocycles. The zero-order valence-corrected chi connectivity index (χ0v) is 18.5. The van der Waals surface area contributed by atoms with Crippen LogP contribution in [-0.4, -0.2) is 48.0 Å². The largest absolute Gasteiger partial charge is 0.298 e. The normalized spacial score (nSPS) is 16.3. The molecule has 158 valence electrons. The molecule has 0 radical (unpaired) electrons. The van der Waals surface area contributed by atoms with Gasteiger partial charge in [0.1, 0.15) is 5.52 Å². The highest BCUT2D eigenvalue weighted by molar-refractivity contribution is 5.71. The number of hydrogen-bond donors (Lipinski definition) is 0. The monoisotopic (exact) mass is 406 g/mol. The van der Waals surface area contributed by atoms with E-state index in [0.717, 1.165) is 54.1 Å². The number of nitrogens with zero attached hydrogens (tertiary/aromatic N) is 6. The predicted molar refractivity (Wildman–Crippen MR) is 118 cm³/mol. The minimum Gasteiger partial charge on any atom is -0.298 e. The summed E-state index contributed by atoms with van der Waals surface area (Å²) in [5.74, 6) is 0.234. The minimum atomic E-state index is 0.0154. The minimum absolute atomic E-state index is 0.0154. The summed E-state index contributed by atoms with van der Waals surface area (Å²) in [6.45, 7) is 12.9. The third kappa shape index (κ3) is 3.99. The van der Waals surface area contributed by atoms with Crippen molar-refractivity contribution in [2.45, 2.75) is 65.5 Å². The van der Waals surface area contributed by atoms with Crippen LogP contribution in [0.5, 0.6) is 0 Å². The molecule has 30 heavy (non-hydrogen) atoms. The van der Waals surface area contributed by atoms with Crippen molar-refractivity contribution >= 4 is 11.2 Å². The number of fused-ring (bicyclic) bond motifs is 1. The van der Waals surface area contributed by atoms with E-state index in [1.165, 1.54) is 0 Å². The maximum atomic E-state index is 13.6. The van der Waals surface area contributed by atoms with E-state index < -0.39 is 0 Å². The van der Waals surface area contributed by atoms with E-state index in [4.69, 9.17) is 0 Å². The van der Waals surface area contributed by atoms with Crippen LogP contribution >= 0.6 is 0 Å². The molecule has 0 saturated carbocycles. The lowest BCUT2D eigenvalue weighted by Gasteiger charge is -2.40. The highest BCUT2D eigenvalue weighted by Crippen LogP contribution is 2.30. The Kier molecular flexibility index (Phi) is 5.40. The summed E-state index contributed by atoms with van der Waals surface area (Å²) in [6.07, 6.45) is 7.04. The standard InChI is InChI=1S/C23H30N6O/c1-15-13-26-19-12-18(17-6-10-28(11-7-17)23(3,4)5)22(30)29(21(19)27-15)14-20-16(2)24-8-9-25-20/h8-9,12-13,17H,6-7,10-11,14H2,1-5H3. The summed E-state index contributed by atoms with van der Waals surface area (Å²) < 4.78 is 1.73. The quantitative estimate of drug-likeness (QED) is 0.665. The third-order valence-corrected chi connectivity index (χ3v) is 6.12. The van der Waals surface area contributed by atoms with Crippen LogP contribution in [0.25, 0.3) is 11.2 Å². The fraction of sp³-hybridized carbons (Fsp3) is 0.522. The van der Waals surface area contributed by atoms with Crippen LogP contribution in [0.1, 0.15) is 62.2 Å². The smallest absolute Gasteiger partial charge is 0.256 e. The molecule has 1 aliphatic heterocycles. The van der Waals surface area contributed by atoms with Crippen molar-refractivity contribution in [1.29, 1.82) is 0 Å². The van der Waals surface area contributed by atoms with Crippen molar-refractivity contribution in [3.8, 4) is 0 Å². The molecule has 0 aliphatic carbocycles. The molecule has 7 nitrogen and oxygen atoms in total. The van der Waals surface area contributed by atoms with Crippen LogP contribution < -0.4 is 5.56 Å². The Morgan fingerprint density at radius 1 is 1.07 bits per heavy atom. The molecule has 0 spiro atoms.